The van der Waals surface area contributed by atoms with Gasteiger partial charge in [0.1, 0.15) is 17.5 Å². The minimum Gasteiger partial charge on any atom is -0.481 e. The average molecular weight is 451 g/mol. The zero-order valence-electron chi connectivity index (χ0n) is 18.9. The lowest BCUT2D eigenvalue weighted by Gasteiger charge is -2.29. The second-order valence-electron chi connectivity index (χ2n) is 8.93. The van der Waals surface area contributed by atoms with Crippen LogP contribution in [0.4, 0.5) is 13.2 Å². The van der Waals surface area contributed by atoms with Gasteiger partial charge in [0.25, 0.3) is 0 Å². The number of methoxy groups -OCH3 is 1. The Balaban J connectivity index is 1.64. The summed E-state index contributed by atoms with van der Waals surface area (Å²) >= 11 is 0. The van der Waals surface area contributed by atoms with Crippen LogP contribution in [0.1, 0.15) is 43.0 Å². The molecule has 0 atom stereocenters. The molecule has 1 aliphatic heterocycles. The Kier molecular flexibility index (Phi) is 5.74. The highest BCUT2D eigenvalue weighted by Crippen LogP contribution is 2.34. The molecule has 2 heterocycles. The van der Waals surface area contributed by atoms with Crippen molar-refractivity contribution in [3.05, 3.63) is 88.9 Å². The molecule has 0 saturated carbocycles. The molecule has 1 aromatic heterocycles. The van der Waals surface area contributed by atoms with Gasteiger partial charge < -0.3 is 4.74 Å². The summed E-state index contributed by atoms with van der Waals surface area (Å²) in [4.78, 5) is 4.00. The molecule has 0 N–H and O–H groups in total. The monoisotopic (exact) mass is 451 g/mol. The van der Waals surface area contributed by atoms with Gasteiger partial charge in [0.2, 0.25) is 5.88 Å². The number of hydrazone groups is 1. The molecule has 4 nitrogen and oxygen atoms in total. The third-order valence-corrected chi connectivity index (χ3v) is 5.65. The summed E-state index contributed by atoms with van der Waals surface area (Å²) in [7, 11) is 1.47. The van der Waals surface area contributed by atoms with Crippen LogP contribution in [0.5, 0.6) is 5.88 Å². The molecule has 1 aliphatic rings. The average Bonchev–Trinajstić information content (AvgIpc) is 2.76. The molecule has 0 amide bonds. The number of benzene rings is 2. The maximum Gasteiger partial charge on any atom is 0.213 e. The van der Waals surface area contributed by atoms with Crippen molar-refractivity contribution in [2.45, 2.75) is 32.7 Å². The smallest absolute Gasteiger partial charge is 0.213 e. The third kappa shape index (κ3) is 4.35. The fourth-order valence-electron chi connectivity index (χ4n) is 3.71. The summed E-state index contributed by atoms with van der Waals surface area (Å²) in [6.45, 7) is 9.68. The summed E-state index contributed by atoms with van der Waals surface area (Å²) in [5.74, 6) is -1.58. The molecular weight excluding hydrogens is 427 g/mol. The highest BCUT2D eigenvalue weighted by Gasteiger charge is 2.26. The van der Waals surface area contributed by atoms with Crippen molar-refractivity contribution in [3.8, 4) is 17.0 Å². The van der Waals surface area contributed by atoms with Crippen LogP contribution in [0.3, 0.4) is 0 Å². The second kappa shape index (κ2) is 8.39. The Morgan fingerprint density at radius 2 is 1.67 bits per heavy atom. The molecule has 33 heavy (non-hydrogen) atoms. The number of ether oxygens (including phenoxy) is 1. The second-order valence-corrected chi connectivity index (χ2v) is 8.93. The van der Waals surface area contributed by atoms with E-state index in [-0.39, 0.29) is 28.8 Å². The Bertz CT molecular complexity index is 1260. The van der Waals surface area contributed by atoms with E-state index in [1.165, 1.54) is 42.7 Å². The van der Waals surface area contributed by atoms with Gasteiger partial charge in [0, 0.05) is 29.0 Å². The van der Waals surface area contributed by atoms with Crippen LogP contribution >= 0.6 is 0 Å². The summed E-state index contributed by atoms with van der Waals surface area (Å²) in [6.07, 6.45) is 3.00. The predicted octanol–water partition coefficient (Wildman–Crippen LogP) is 6.29. The summed E-state index contributed by atoms with van der Waals surface area (Å²) in [5.41, 5.74) is 2.42. The lowest BCUT2D eigenvalue weighted by molar-refractivity contribution is 0.389. The van der Waals surface area contributed by atoms with Crippen molar-refractivity contribution in [3.63, 3.8) is 0 Å². The Morgan fingerprint density at radius 1 is 0.970 bits per heavy atom. The van der Waals surface area contributed by atoms with Gasteiger partial charge >= 0.3 is 0 Å². The zero-order chi connectivity index (χ0) is 23.9. The Hall–Kier alpha value is -3.61. The van der Waals surface area contributed by atoms with Crippen molar-refractivity contribution in [2.75, 3.05) is 7.11 Å². The molecule has 0 unspecified atom stereocenters. The van der Waals surface area contributed by atoms with Gasteiger partial charge in [-0.2, -0.15) is 5.10 Å². The first kappa shape index (κ1) is 22.6. The van der Waals surface area contributed by atoms with Gasteiger partial charge in [0.05, 0.1) is 25.6 Å². The molecule has 0 spiro atoms. The van der Waals surface area contributed by atoms with Gasteiger partial charge in [-0.3, -0.25) is 5.01 Å². The minimum atomic E-state index is -0.738. The van der Waals surface area contributed by atoms with Crippen molar-refractivity contribution < 1.29 is 17.9 Å². The maximum atomic E-state index is 15.0. The minimum absolute atomic E-state index is 0.187. The van der Waals surface area contributed by atoms with E-state index in [4.69, 9.17) is 4.74 Å². The lowest BCUT2D eigenvalue weighted by atomic mass is 9.84. The largest absolute Gasteiger partial charge is 0.481 e. The molecule has 7 heteroatoms. The van der Waals surface area contributed by atoms with Crippen LogP contribution < -0.4 is 4.74 Å². The number of nitrogens with zero attached hydrogens (tertiary/aromatic N) is 3. The fourth-order valence-corrected chi connectivity index (χ4v) is 3.71. The van der Waals surface area contributed by atoms with E-state index >= 15 is 0 Å². The van der Waals surface area contributed by atoms with Crippen molar-refractivity contribution in [1.82, 2.24) is 9.99 Å². The first-order valence-electron chi connectivity index (χ1n) is 10.4. The number of hydrogen-bond donors (Lipinski definition) is 0. The predicted molar refractivity (Wildman–Crippen MR) is 123 cm³/mol. The number of rotatable bonds is 4. The van der Waals surface area contributed by atoms with Gasteiger partial charge in [0.15, 0.2) is 0 Å². The normalized spacial score (nSPS) is 13.3. The van der Waals surface area contributed by atoms with E-state index in [2.05, 4.69) is 16.7 Å². The first-order valence-corrected chi connectivity index (χ1v) is 10.4. The van der Waals surface area contributed by atoms with E-state index in [1.54, 1.807) is 12.1 Å². The summed E-state index contributed by atoms with van der Waals surface area (Å²) in [5, 5.41) is 5.59. The molecule has 0 saturated heterocycles. The molecule has 2 aromatic carbocycles. The number of halogens is 3. The summed E-state index contributed by atoms with van der Waals surface area (Å²) in [6, 6.07) is 9.06. The van der Waals surface area contributed by atoms with Crippen LogP contribution in [0, 0.1) is 17.5 Å². The highest BCUT2D eigenvalue weighted by atomic mass is 19.1. The van der Waals surface area contributed by atoms with E-state index in [9.17, 15) is 13.2 Å². The molecular formula is C26H24F3N3O. The lowest BCUT2D eigenvalue weighted by Crippen LogP contribution is -2.23. The number of fused-ring (bicyclic) bond motifs is 1. The first-order chi connectivity index (χ1) is 15.6. The summed E-state index contributed by atoms with van der Waals surface area (Å²) < 4.78 is 50.0. The Labute approximate surface area is 191 Å². The van der Waals surface area contributed by atoms with E-state index in [0.717, 1.165) is 5.56 Å². The molecule has 0 bridgehead atoms. The van der Waals surface area contributed by atoms with Crippen LogP contribution in [-0.2, 0) is 12.0 Å². The topological polar surface area (TPSA) is 37.7 Å². The molecule has 4 rings (SSSR count). The molecule has 0 radical (unpaired) electrons. The van der Waals surface area contributed by atoms with E-state index < -0.39 is 17.5 Å². The van der Waals surface area contributed by atoms with Crippen LogP contribution in [0.2, 0.25) is 0 Å². The molecule has 0 aliphatic carbocycles. The fraction of sp³-hybridized carbons (Fsp3) is 0.231. The highest BCUT2D eigenvalue weighted by molar-refractivity contribution is 5.91. The molecule has 0 fully saturated rings. The van der Waals surface area contributed by atoms with E-state index in [1.807, 2.05) is 26.8 Å². The standard InChI is InChI=1S/C26H24F3N3O/c1-15-25-18(8-19(12-23(25)29)26(2,3)4)13-31-32(15)14-20-21(27)9-17(10-22(20)28)16-6-7-30-24(11-16)33-5/h6-13H,1,14H2,2-5H3. The van der Waals surface area contributed by atoms with Gasteiger partial charge in [-0.1, -0.05) is 27.4 Å². The number of hydrogen-bond acceptors (Lipinski definition) is 4. The van der Waals surface area contributed by atoms with Gasteiger partial charge in [-0.15, -0.1) is 0 Å². The van der Waals surface area contributed by atoms with Gasteiger partial charge in [-0.05, 0) is 52.4 Å². The third-order valence-electron chi connectivity index (χ3n) is 5.65. The number of aromatic nitrogens is 1. The van der Waals surface area contributed by atoms with Crippen LogP contribution in [0.15, 0.2) is 54.3 Å². The van der Waals surface area contributed by atoms with E-state index in [0.29, 0.717) is 22.6 Å². The zero-order valence-corrected chi connectivity index (χ0v) is 18.9. The van der Waals surface area contributed by atoms with Crippen LogP contribution in [-0.4, -0.2) is 23.3 Å². The van der Waals surface area contributed by atoms with Gasteiger partial charge in [-0.25, -0.2) is 18.2 Å². The van der Waals surface area contributed by atoms with Crippen molar-refractivity contribution >= 4 is 11.9 Å². The quantitative estimate of drug-likeness (QED) is 0.468. The Morgan fingerprint density at radius 3 is 2.30 bits per heavy atom. The SMILES string of the molecule is C=C1c2c(F)cc(C(C)(C)C)cc2C=NN1Cc1c(F)cc(-c2ccnc(OC)c2)cc1F. The maximum absolute atomic E-state index is 15.0. The van der Waals surface area contributed by atoms with Crippen molar-refractivity contribution in [2.24, 2.45) is 5.10 Å². The molecule has 3 aromatic rings. The number of pyridine rings is 1. The van der Waals surface area contributed by atoms with Crippen LogP contribution in [0.25, 0.3) is 16.8 Å². The molecule has 170 valence electrons. The van der Waals surface area contributed by atoms with Crippen molar-refractivity contribution in [1.29, 1.82) is 0 Å².